The van der Waals surface area contributed by atoms with Crippen LogP contribution in [-0.2, 0) is 9.47 Å². The van der Waals surface area contributed by atoms with Crippen LogP contribution in [0.25, 0.3) is 0 Å². The van der Waals surface area contributed by atoms with E-state index in [0.29, 0.717) is 6.61 Å². The number of unbranched alkanes of at least 4 members (excludes halogenated alkanes) is 11. The van der Waals surface area contributed by atoms with E-state index in [-0.39, 0.29) is 6.61 Å². The maximum absolute atomic E-state index is 10.1. The standard InChI is InChI=1S/C23H44O5/c1-2-3-4-5-6-7-8-9-10-11-12-13-14-15-16-17-27-21-19-28-23(22(21)26)20(25)18-24/h6-7,20-26H,2-5,8-19H2,1H3/b7-6+/t20-,21+,22+,23+/m1/s1. The van der Waals surface area contributed by atoms with Crippen molar-refractivity contribution in [1.82, 2.24) is 0 Å². The first-order chi connectivity index (χ1) is 13.7. The van der Waals surface area contributed by atoms with Gasteiger partial charge >= 0.3 is 0 Å². The van der Waals surface area contributed by atoms with Crippen molar-refractivity contribution < 1.29 is 24.8 Å². The second-order valence-electron chi connectivity index (χ2n) is 8.03. The number of rotatable bonds is 18. The molecule has 1 aliphatic heterocycles. The van der Waals surface area contributed by atoms with Gasteiger partial charge in [0.1, 0.15) is 24.4 Å². The minimum atomic E-state index is -1.05. The molecule has 4 atom stereocenters. The third-order valence-corrected chi connectivity index (χ3v) is 5.47. The van der Waals surface area contributed by atoms with Gasteiger partial charge in [0, 0.05) is 6.61 Å². The van der Waals surface area contributed by atoms with Gasteiger partial charge in [0.2, 0.25) is 0 Å². The fraction of sp³-hybridized carbons (Fsp3) is 0.913. The number of allylic oxidation sites excluding steroid dienone is 2. The van der Waals surface area contributed by atoms with E-state index in [4.69, 9.17) is 14.6 Å². The second-order valence-corrected chi connectivity index (χ2v) is 8.03. The van der Waals surface area contributed by atoms with Crippen LogP contribution in [0.5, 0.6) is 0 Å². The molecule has 0 aliphatic carbocycles. The van der Waals surface area contributed by atoms with Crippen LogP contribution in [0.15, 0.2) is 12.2 Å². The van der Waals surface area contributed by atoms with Crippen molar-refractivity contribution in [2.24, 2.45) is 0 Å². The van der Waals surface area contributed by atoms with Crippen molar-refractivity contribution in [2.75, 3.05) is 19.8 Å². The van der Waals surface area contributed by atoms with Crippen LogP contribution in [0.3, 0.4) is 0 Å². The van der Waals surface area contributed by atoms with Gasteiger partial charge in [0.15, 0.2) is 0 Å². The average molecular weight is 401 g/mol. The lowest BCUT2D eigenvalue weighted by Crippen LogP contribution is -2.41. The van der Waals surface area contributed by atoms with Crippen LogP contribution in [0, 0.1) is 0 Å². The first-order valence-corrected chi connectivity index (χ1v) is 11.6. The highest BCUT2D eigenvalue weighted by Crippen LogP contribution is 2.20. The second kappa shape index (κ2) is 17.4. The molecule has 3 N–H and O–H groups in total. The zero-order chi connectivity index (χ0) is 20.5. The Bertz CT molecular complexity index is 374. The Balaban J connectivity index is 1.84. The van der Waals surface area contributed by atoms with Crippen molar-refractivity contribution in [1.29, 1.82) is 0 Å². The van der Waals surface area contributed by atoms with Gasteiger partial charge in [-0.3, -0.25) is 0 Å². The SMILES string of the molecule is CCCCC/C=C/CCCCCCCCCCO[C@H]1CO[C@@H]([C@H](O)CO)[C@H]1O. The summed E-state index contributed by atoms with van der Waals surface area (Å²) in [6.07, 6.45) is 18.1. The minimum absolute atomic E-state index is 0.275. The molecule has 1 aliphatic rings. The van der Waals surface area contributed by atoms with E-state index < -0.39 is 31.0 Å². The fourth-order valence-electron chi connectivity index (χ4n) is 3.61. The van der Waals surface area contributed by atoms with Gasteiger partial charge in [-0.25, -0.2) is 0 Å². The van der Waals surface area contributed by atoms with E-state index in [0.717, 1.165) is 12.8 Å². The molecular weight excluding hydrogens is 356 g/mol. The highest BCUT2D eigenvalue weighted by Gasteiger charge is 2.40. The molecule has 28 heavy (non-hydrogen) atoms. The van der Waals surface area contributed by atoms with E-state index in [1.807, 2.05) is 0 Å². The smallest absolute Gasteiger partial charge is 0.114 e. The lowest BCUT2D eigenvalue weighted by Gasteiger charge is -2.20. The van der Waals surface area contributed by atoms with Crippen molar-refractivity contribution in [3.63, 3.8) is 0 Å². The molecule has 0 aromatic rings. The number of hydrogen-bond donors (Lipinski definition) is 3. The summed E-state index contributed by atoms with van der Waals surface area (Å²) in [5.41, 5.74) is 0. The molecule has 1 fully saturated rings. The summed E-state index contributed by atoms with van der Waals surface area (Å²) in [7, 11) is 0. The first-order valence-electron chi connectivity index (χ1n) is 11.6. The molecule has 1 heterocycles. The zero-order valence-electron chi connectivity index (χ0n) is 17.9. The third kappa shape index (κ3) is 11.5. The quantitative estimate of drug-likeness (QED) is 0.238. The lowest BCUT2D eigenvalue weighted by atomic mass is 10.1. The van der Waals surface area contributed by atoms with Gasteiger partial charge in [-0.2, -0.15) is 0 Å². The normalized spacial score (nSPS) is 23.6. The molecule has 1 saturated heterocycles. The Hall–Kier alpha value is -0.460. The van der Waals surface area contributed by atoms with Crippen LogP contribution in [0.2, 0.25) is 0 Å². The molecule has 0 bridgehead atoms. The Labute approximate surface area is 172 Å². The van der Waals surface area contributed by atoms with E-state index in [9.17, 15) is 10.2 Å². The van der Waals surface area contributed by atoms with E-state index in [1.165, 1.54) is 70.6 Å². The van der Waals surface area contributed by atoms with Crippen LogP contribution in [0.4, 0.5) is 0 Å². The molecule has 0 saturated carbocycles. The molecule has 0 amide bonds. The maximum Gasteiger partial charge on any atom is 0.114 e. The highest BCUT2D eigenvalue weighted by molar-refractivity contribution is 4.88. The van der Waals surface area contributed by atoms with Gasteiger partial charge in [0.25, 0.3) is 0 Å². The molecule has 0 spiro atoms. The Kier molecular flexibility index (Phi) is 15.9. The first kappa shape index (κ1) is 25.6. The summed E-state index contributed by atoms with van der Waals surface area (Å²) in [6.45, 7) is 2.72. The molecule has 1 rings (SSSR count). The third-order valence-electron chi connectivity index (χ3n) is 5.47. The molecule has 5 heteroatoms. The molecule has 0 aromatic carbocycles. The van der Waals surface area contributed by atoms with Gasteiger partial charge in [-0.05, 0) is 32.1 Å². The highest BCUT2D eigenvalue weighted by atomic mass is 16.6. The number of aliphatic hydroxyl groups is 3. The summed E-state index contributed by atoms with van der Waals surface area (Å²) in [4.78, 5) is 0. The molecule has 0 unspecified atom stereocenters. The van der Waals surface area contributed by atoms with Gasteiger partial charge in [-0.15, -0.1) is 0 Å². The van der Waals surface area contributed by atoms with Gasteiger partial charge in [-0.1, -0.05) is 70.4 Å². The molecule has 166 valence electrons. The van der Waals surface area contributed by atoms with Crippen LogP contribution < -0.4 is 0 Å². The number of aliphatic hydroxyl groups excluding tert-OH is 3. The fourth-order valence-corrected chi connectivity index (χ4v) is 3.61. The summed E-state index contributed by atoms with van der Waals surface area (Å²) in [6, 6.07) is 0. The lowest BCUT2D eigenvalue weighted by molar-refractivity contribution is -0.0730. The Morgan fingerprint density at radius 1 is 0.929 bits per heavy atom. The molecule has 0 radical (unpaired) electrons. The molecule has 5 nitrogen and oxygen atoms in total. The minimum Gasteiger partial charge on any atom is -0.394 e. The van der Waals surface area contributed by atoms with Crippen molar-refractivity contribution in [2.45, 2.75) is 115 Å². The van der Waals surface area contributed by atoms with Crippen LogP contribution >= 0.6 is 0 Å². The van der Waals surface area contributed by atoms with E-state index in [1.54, 1.807) is 0 Å². The van der Waals surface area contributed by atoms with E-state index in [2.05, 4.69) is 19.1 Å². The Morgan fingerprint density at radius 2 is 1.50 bits per heavy atom. The predicted molar refractivity (Wildman–Crippen MR) is 113 cm³/mol. The van der Waals surface area contributed by atoms with Crippen molar-refractivity contribution in [3.8, 4) is 0 Å². The average Bonchev–Trinajstić information content (AvgIpc) is 3.07. The summed E-state index contributed by atoms with van der Waals surface area (Å²) >= 11 is 0. The molecular formula is C23H44O5. The summed E-state index contributed by atoms with van der Waals surface area (Å²) in [5, 5.41) is 28.6. The van der Waals surface area contributed by atoms with Crippen molar-refractivity contribution in [3.05, 3.63) is 12.2 Å². The van der Waals surface area contributed by atoms with Gasteiger partial charge in [0.05, 0.1) is 13.2 Å². The predicted octanol–water partition coefficient (Wildman–Crippen LogP) is 4.13. The van der Waals surface area contributed by atoms with Crippen LogP contribution in [-0.4, -0.2) is 59.6 Å². The van der Waals surface area contributed by atoms with Crippen molar-refractivity contribution >= 4 is 0 Å². The zero-order valence-corrected chi connectivity index (χ0v) is 17.9. The Morgan fingerprint density at radius 3 is 2.11 bits per heavy atom. The monoisotopic (exact) mass is 400 g/mol. The van der Waals surface area contributed by atoms with Gasteiger partial charge < -0.3 is 24.8 Å². The molecule has 0 aromatic heterocycles. The number of ether oxygens (including phenoxy) is 2. The topological polar surface area (TPSA) is 79.2 Å². The van der Waals surface area contributed by atoms with E-state index >= 15 is 0 Å². The summed E-state index contributed by atoms with van der Waals surface area (Å²) in [5.74, 6) is 0. The largest absolute Gasteiger partial charge is 0.394 e. The maximum atomic E-state index is 10.1. The van der Waals surface area contributed by atoms with Crippen LogP contribution in [0.1, 0.15) is 90.4 Å². The summed E-state index contributed by atoms with van der Waals surface area (Å²) < 4.78 is 11.0. The number of hydrogen-bond acceptors (Lipinski definition) is 5.